The van der Waals surface area contributed by atoms with Crippen LogP contribution in [-0.2, 0) is 7.05 Å². The first-order valence-electron chi connectivity index (χ1n) is 6.83. The summed E-state index contributed by atoms with van der Waals surface area (Å²) in [5.41, 5.74) is 0.736. The topological polar surface area (TPSA) is 77.2 Å². The van der Waals surface area contributed by atoms with Crippen molar-refractivity contribution in [2.45, 2.75) is 25.7 Å². The van der Waals surface area contributed by atoms with E-state index in [1.807, 2.05) is 0 Å². The number of carbonyl (C=O) groups is 1. The van der Waals surface area contributed by atoms with Gasteiger partial charge in [0.15, 0.2) is 5.65 Å². The molecule has 0 atom stereocenters. The minimum atomic E-state index is -1.02. The maximum Gasteiger partial charge on any atom is 0.341 e. The van der Waals surface area contributed by atoms with Crippen molar-refractivity contribution in [3.63, 3.8) is 0 Å². The van der Waals surface area contributed by atoms with E-state index in [0.29, 0.717) is 29.3 Å². The maximum atomic E-state index is 11.3. The van der Waals surface area contributed by atoms with Crippen LogP contribution in [0.4, 0.5) is 0 Å². The van der Waals surface area contributed by atoms with Crippen molar-refractivity contribution in [2.75, 3.05) is 6.61 Å². The number of carboxylic acid groups (broad SMARTS) is 1. The van der Waals surface area contributed by atoms with Gasteiger partial charge in [-0.15, -0.1) is 0 Å². The van der Waals surface area contributed by atoms with Crippen molar-refractivity contribution in [2.24, 2.45) is 13.0 Å². The third kappa shape index (κ3) is 2.21. The lowest BCUT2D eigenvalue weighted by Gasteiger charge is -2.13. The smallest absolute Gasteiger partial charge is 0.341 e. The van der Waals surface area contributed by atoms with Crippen molar-refractivity contribution in [3.05, 3.63) is 18.0 Å². The summed E-state index contributed by atoms with van der Waals surface area (Å²) in [6.45, 7) is 0.564. The minimum absolute atomic E-state index is 0.100. The Kier molecular flexibility index (Phi) is 3.30. The van der Waals surface area contributed by atoms with Gasteiger partial charge in [0.05, 0.1) is 18.2 Å². The number of ether oxygens (including phenoxy) is 1. The molecule has 2 heterocycles. The number of nitrogens with zero attached hydrogens (tertiary/aromatic N) is 3. The van der Waals surface area contributed by atoms with Gasteiger partial charge in [0, 0.05) is 13.2 Å². The molecular weight excluding hydrogens is 258 g/mol. The first kappa shape index (κ1) is 12.9. The summed E-state index contributed by atoms with van der Waals surface area (Å²) in [6.07, 6.45) is 7.74. The second-order valence-corrected chi connectivity index (χ2v) is 5.27. The molecule has 0 amide bonds. The Morgan fingerprint density at radius 1 is 1.45 bits per heavy atom. The lowest BCUT2D eigenvalue weighted by Crippen LogP contribution is -2.11. The van der Waals surface area contributed by atoms with E-state index in [4.69, 9.17) is 4.74 Å². The van der Waals surface area contributed by atoms with E-state index in [-0.39, 0.29) is 5.56 Å². The Morgan fingerprint density at radius 3 is 2.90 bits per heavy atom. The zero-order valence-electron chi connectivity index (χ0n) is 11.4. The van der Waals surface area contributed by atoms with Gasteiger partial charge in [-0.05, 0) is 18.8 Å². The van der Waals surface area contributed by atoms with Crippen molar-refractivity contribution < 1.29 is 14.6 Å². The van der Waals surface area contributed by atoms with Gasteiger partial charge in [-0.3, -0.25) is 4.68 Å². The van der Waals surface area contributed by atoms with Crippen LogP contribution in [0.3, 0.4) is 0 Å². The van der Waals surface area contributed by atoms with E-state index in [1.54, 1.807) is 17.9 Å². The molecule has 3 rings (SSSR count). The summed E-state index contributed by atoms with van der Waals surface area (Å²) in [4.78, 5) is 15.5. The molecule has 20 heavy (non-hydrogen) atoms. The van der Waals surface area contributed by atoms with Crippen LogP contribution in [0.25, 0.3) is 11.0 Å². The van der Waals surface area contributed by atoms with E-state index in [0.717, 1.165) is 12.8 Å². The molecule has 0 bridgehead atoms. The van der Waals surface area contributed by atoms with Crippen LogP contribution in [0.1, 0.15) is 36.0 Å². The van der Waals surface area contributed by atoms with Gasteiger partial charge in [-0.2, -0.15) is 5.10 Å². The fraction of sp³-hybridized carbons (Fsp3) is 0.500. The number of rotatable bonds is 4. The van der Waals surface area contributed by atoms with Crippen LogP contribution >= 0.6 is 0 Å². The van der Waals surface area contributed by atoms with Crippen molar-refractivity contribution in [3.8, 4) is 5.75 Å². The lowest BCUT2D eigenvalue weighted by atomic mass is 10.1. The molecule has 0 aromatic carbocycles. The molecule has 1 saturated carbocycles. The highest BCUT2D eigenvalue weighted by atomic mass is 16.5. The number of hydrogen-bond donors (Lipinski definition) is 1. The molecule has 0 saturated heterocycles. The predicted octanol–water partition coefficient (Wildman–Crippen LogP) is 2.24. The number of hydrogen-bond acceptors (Lipinski definition) is 4. The average molecular weight is 275 g/mol. The third-order valence-corrected chi connectivity index (χ3v) is 3.88. The van der Waals surface area contributed by atoms with Gasteiger partial charge in [0.1, 0.15) is 11.3 Å². The zero-order chi connectivity index (χ0) is 14.1. The van der Waals surface area contributed by atoms with E-state index in [1.165, 1.54) is 19.0 Å². The second-order valence-electron chi connectivity index (χ2n) is 5.27. The molecule has 0 unspecified atom stereocenters. The molecule has 6 nitrogen and oxygen atoms in total. The summed E-state index contributed by atoms with van der Waals surface area (Å²) in [5.74, 6) is -0.108. The number of aromatic carboxylic acids is 1. The van der Waals surface area contributed by atoms with Crippen LogP contribution in [0.15, 0.2) is 12.4 Å². The van der Waals surface area contributed by atoms with Crippen LogP contribution in [-0.4, -0.2) is 32.4 Å². The molecule has 1 fully saturated rings. The summed E-state index contributed by atoms with van der Waals surface area (Å²) < 4.78 is 7.45. The van der Waals surface area contributed by atoms with E-state index in [2.05, 4.69) is 10.1 Å². The number of aryl methyl sites for hydroxylation is 1. The highest BCUT2D eigenvalue weighted by Gasteiger charge is 2.21. The maximum absolute atomic E-state index is 11.3. The fourth-order valence-corrected chi connectivity index (χ4v) is 2.76. The molecule has 0 spiro atoms. The van der Waals surface area contributed by atoms with Crippen LogP contribution in [0.5, 0.6) is 5.75 Å². The normalized spacial score (nSPS) is 15.8. The van der Waals surface area contributed by atoms with Crippen LogP contribution in [0, 0.1) is 5.92 Å². The van der Waals surface area contributed by atoms with E-state index < -0.39 is 5.97 Å². The second kappa shape index (κ2) is 5.11. The average Bonchev–Trinajstić information content (AvgIpc) is 3.06. The number of aromatic nitrogens is 3. The molecule has 1 aliphatic carbocycles. The van der Waals surface area contributed by atoms with Crippen LogP contribution in [0.2, 0.25) is 0 Å². The van der Waals surface area contributed by atoms with Gasteiger partial charge < -0.3 is 9.84 Å². The predicted molar refractivity (Wildman–Crippen MR) is 72.9 cm³/mol. The van der Waals surface area contributed by atoms with Gasteiger partial charge in [-0.25, -0.2) is 9.78 Å². The first-order chi connectivity index (χ1) is 9.66. The number of fused-ring (bicyclic) bond motifs is 1. The quantitative estimate of drug-likeness (QED) is 0.925. The van der Waals surface area contributed by atoms with E-state index in [9.17, 15) is 9.90 Å². The van der Waals surface area contributed by atoms with Crippen molar-refractivity contribution in [1.29, 1.82) is 0 Å². The summed E-state index contributed by atoms with van der Waals surface area (Å²) >= 11 is 0. The molecule has 0 radical (unpaired) electrons. The molecule has 2 aromatic rings. The summed E-state index contributed by atoms with van der Waals surface area (Å²) in [6, 6.07) is 0. The van der Waals surface area contributed by atoms with Crippen molar-refractivity contribution >= 4 is 17.0 Å². The molecular formula is C14H17N3O3. The monoisotopic (exact) mass is 275 g/mol. The largest absolute Gasteiger partial charge is 0.491 e. The van der Waals surface area contributed by atoms with Gasteiger partial charge in [0.2, 0.25) is 0 Å². The summed E-state index contributed by atoms with van der Waals surface area (Å²) in [5, 5.41) is 14.1. The highest BCUT2D eigenvalue weighted by molar-refractivity contribution is 5.97. The molecule has 106 valence electrons. The zero-order valence-corrected chi connectivity index (χ0v) is 11.4. The Hall–Kier alpha value is -2.11. The Labute approximate surface area is 116 Å². The minimum Gasteiger partial charge on any atom is -0.491 e. The van der Waals surface area contributed by atoms with Gasteiger partial charge in [-0.1, -0.05) is 12.8 Å². The standard InChI is InChI=1S/C14H17N3O3/c1-17-13-10(7-16-17)12(11(6-15-13)14(18)19)20-8-9-4-2-3-5-9/h6-7,9H,2-5,8H2,1H3,(H,18,19). The van der Waals surface area contributed by atoms with Crippen LogP contribution < -0.4 is 4.74 Å². The van der Waals surface area contributed by atoms with Crippen molar-refractivity contribution in [1.82, 2.24) is 14.8 Å². The van der Waals surface area contributed by atoms with Gasteiger partial charge >= 0.3 is 5.97 Å². The molecule has 1 N–H and O–H groups in total. The fourth-order valence-electron chi connectivity index (χ4n) is 2.76. The van der Waals surface area contributed by atoms with Gasteiger partial charge in [0.25, 0.3) is 0 Å². The first-order valence-corrected chi connectivity index (χ1v) is 6.83. The lowest BCUT2D eigenvalue weighted by molar-refractivity contribution is 0.0691. The van der Waals surface area contributed by atoms with E-state index >= 15 is 0 Å². The Morgan fingerprint density at radius 2 is 2.20 bits per heavy atom. The highest BCUT2D eigenvalue weighted by Crippen LogP contribution is 2.31. The number of carboxylic acids is 1. The molecule has 2 aromatic heterocycles. The number of pyridine rings is 1. The Balaban J connectivity index is 1.96. The molecule has 6 heteroatoms. The summed E-state index contributed by atoms with van der Waals surface area (Å²) in [7, 11) is 1.77. The molecule has 1 aliphatic rings. The Bertz CT molecular complexity index is 644. The third-order valence-electron chi connectivity index (χ3n) is 3.88. The SMILES string of the molecule is Cn1ncc2c(OCC3CCCC3)c(C(=O)O)cnc21. The molecule has 0 aliphatic heterocycles.